The monoisotopic (exact) mass is 154 g/mol. The molecule has 60 valence electrons. The van der Waals surface area contributed by atoms with Crippen molar-refractivity contribution in [2.45, 2.75) is 12.1 Å². The first-order valence-corrected chi connectivity index (χ1v) is 3.61. The third-order valence-electron chi connectivity index (χ3n) is 1.93. The van der Waals surface area contributed by atoms with E-state index in [9.17, 15) is 5.11 Å². The highest BCUT2D eigenvalue weighted by molar-refractivity contribution is 4.84. The number of rotatable bonds is 1. The minimum absolute atomic E-state index is 0.0532. The summed E-state index contributed by atoms with van der Waals surface area (Å²) in [5, 5.41) is 16.4. The Labute approximate surface area is 64.1 Å². The van der Waals surface area contributed by atoms with Crippen LogP contribution in [0.25, 0.3) is 0 Å². The molecule has 5 nitrogen and oxygen atoms in total. The van der Waals surface area contributed by atoms with Crippen molar-refractivity contribution in [1.82, 2.24) is 20.1 Å². The molecule has 1 saturated heterocycles. The van der Waals surface area contributed by atoms with Gasteiger partial charge in [-0.15, -0.1) is 0 Å². The van der Waals surface area contributed by atoms with Gasteiger partial charge >= 0.3 is 0 Å². The number of aliphatic hydroxyl groups is 1. The molecule has 0 aromatic carbocycles. The van der Waals surface area contributed by atoms with E-state index in [0.717, 1.165) is 6.54 Å². The molecule has 1 fully saturated rings. The second kappa shape index (κ2) is 2.60. The summed E-state index contributed by atoms with van der Waals surface area (Å²) in [6, 6.07) is 0.0532. The van der Waals surface area contributed by atoms with Crippen LogP contribution in [0.4, 0.5) is 0 Å². The fraction of sp³-hybridized carbons (Fsp3) is 0.667. The summed E-state index contributed by atoms with van der Waals surface area (Å²) < 4.78 is 1.69. The van der Waals surface area contributed by atoms with Crippen LogP contribution in [0.3, 0.4) is 0 Å². The predicted molar refractivity (Wildman–Crippen MR) is 37.9 cm³/mol. The first-order chi connectivity index (χ1) is 5.38. The Morgan fingerprint density at radius 1 is 1.55 bits per heavy atom. The van der Waals surface area contributed by atoms with Gasteiger partial charge in [0.1, 0.15) is 12.7 Å². The average Bonchev–Trinajstić information content (AvgIpc) is 2.55. The van der Waals surface area contributed by atoms with Crippen LogP contribution in [0.15, 0.2) is 12.7 Å². The van der Waals surface area contributed by atoms with Gasteiger partial charge in [0.25, 0.3) is 0 Å². The summed E-state index contributed by atoms with van der Waals surface area (Å²) in [7, 11) is 0. The lowest BCUT2D eigenvalue weighted by Gasteiger charge is -2.11. The number of hydrogen-bond acceptors (Lipinski definition) is 4. The van der Waals surface area contributed by atoms with Crippen molar-refractivity contribution in [2.24, 2.45) is 0 Å². The molecule has 1 aromatic heterocycles. The molecule has 0 spiro atoms. The number of nitrogens with one attached hydrogen (secondary N) is 1. The quantitative estimate of drug-likeness (QED) is 0.532. The Bertz CT molecular complexity index is 222. The molecule has 2 rings (SSSR count). The van der Waals surface area contributed by atoms with Gasteiger partial charge in [-0.3, -0.25) is 0 Å². The largest absolute Gasteiger partial charge is 0.390 e. The van der Waals surface area contributed by atoms with E-state index in [0.29, 0.717) is 6.54 Å². The van der Waals surface area contributed by atoms with Gasteiger partial charge in [0.05, 0.1) is 12.1 Å². The smallest absolute Gasteiger partial charge is 0.137 e. The van der Waals surface area contributed by atoms with Gasteiger partial charge in [-0.05, 0) is 0 Å². The van der Waals surface area contributed by atoms with E-state index in [4.69, 9.17) is 0 Å². The maximum absolute atomic E-state index is 9.41. The molecular formula is C6H10N4O. The number of β-amino-alcohol motifs (C(OH)–C–C–N with tert-alkyl or cyclic N) is 1. The lowest BCUT2D eigenvalue weighted by molar-refractivity contribution is 0.144. The van der Waals surface area contributed by atoms with Gasteiger partial charge in [0, 0.05) is 13.1 Å². The molecule has 5 heteroatoms. The van der Waals surface area contributed by atoms with E-state index in [1.165, 1.54) is 6.33 Å². The molecule has 0 unspecified atom stereocenters. The Morgan fingerprint density at radius 3 is 3.00 bits per heavy atom. The van der Waals surface area contributed by atoms with Crippen LogP contribution in [0.2, 0.25) is 0 Å². The number of aliphatic hydroxyl groups excluding tert-OH is 1. The number of aromatic nitrogens is 3. The average molecular weight is 154 g/mol. The van der Waals surface area contributed by atoms with Gasteiger partial charge in [0.2, 0.25) is 0 Å². The van der Waals surface area contributed by atoms with E-state index in [2.05, 4.69) is 15.4 Å². The van der Waals surface area contributed by atoms with Crippen LogP contribution < -0.4 is 5.32 Å². The second-order valence-electron chi connectivity index (χ2n) is 2.67. The highest BCUT2D eigenvalue weighted by Crippen LogP contribution is 2.12. The van der Waals surface area contributed by atoms with Gasteiger partial charge in [-0.2, -0.15) is 5.10 Å². The summed E-state index contributed by atoms with van der Waals surface area (Å²) in [5.74, 6) is 0. The maximum atomic E-state index is 9.41. The molecule has 0 aliphatic carbocycles. The molecule has 1 aliphatic heterocycles. The van der Waals surface area contributed by atoms with Crippen molar-refractivity contribution in [3.05, 3.63) is 12.7 Å². The molecule has 1 aromatic rings. The Balaban J connectivity index is 2.16. The Morgan fingerprint density at radius 2 is 2.45 bits per heavy atom. The summed E-state index contributed by atoms with van der Waals surface area (Å²) in [4.78, 5) is 3.81. The van der Waals surface area contributed by atoms with Crippen molar-refractivity contribution in [3.8, 4) is 0 Å². The maximum Gasteiger partial charge on any atom is 0.137 e. The van der Waals surface area contributed by atoms with Crippen molar-refractivity contribution in [3.63, 3.8) is 0 Å². The topological polar surface area (TPSA) is 63.0 Å². The van der Waals surface area contributed by atoms with Crippen LogP contribution in [0, 0.1) is 0 Å². The summed E-state index contributed by atoms with van der Waals surface area (Å²) >= 11 is 0. The molecular weight excluding hydrogens is 144 g/mol. The van der Waals surface area contributed by atoms with Crippen molar-refractivity contribution < 1.29 is 5.11 Å². The molecule has 0 amide bonds. The molecule has 0 radical (unpaired) electrons. The van der Waals surface area contributed by atoms with Crippen LogP contribution in [-0.4, -0.2) is 39.1 Å². The SMILES string of the molecule is O[C@@H]1CNC[C@H]1n1cncn1. The molecule has 2 N–H and O–H groups in total. The third kappa shape index (κ3) is 1.12. The molecule has 0 saturated carbocycles. The molecule has 2 atom stereocenters. The predicted octanol–water partition coefficient (Wildman–Crippen LogP) is -1.22. The van der Waals surface area contributed by atoms with Gasteiger partial charge < -0.3 is 10.4 Å². The minimum atomic E-state index is -0.336. The first kappa shape index (κ1) is 6.75. The second-order valence-corrected chi connectivity index (χ2v) is 2.67. The Hall–Kier alpha value is -0.940. The highest BCUT2D eigenvalue weighted by Gasteiger charge is 2.26. The van der Waals surface area contributed by atoms with E-state index in [-0.39, 0.29) is 12.1 Å². The summed E-state index contributed by atoms with van der Waals surface area (Å²) in [6.07, 6.45) is 2.77. The zero-order valence-electron chi connectivity index (χ0n) is 6.01. The third-order valence-corrected chi connectivity index (χ3v) is 1.93. The molecule has 11 heavy (non-hydrogen) atoms. The molecule has 1 aliphatic rings. The first-order valence-electron chi connectivity index (χ1n) is 3.61. The van der Waals surface area contributed by atoms with E-state index >= 15 is 0 Å². The van der Waals surface area contributed by atoms with Crippen LogP contribution >= 0.6 is 0 Å². The van der Waals surface area contributed by atoms with E-state index < -0.39 is 0 Å². The standard InChI is InChI=1S/C6H10N4O/c11-6-2-7-1-5(6)10-4-8-3-9-10/h3-7,11H,1-2H2/t5-,6-/m1/s1. The summed E-state index contributed by atoms with van der Waals surface area (Å²) in [5.41, 5.74) is 0. The minimum Gasteiger partial charge on any atom is -0.390 e. The lowest BCUT2D eigenvalue weighted by Crippen LogP contribution is -2.22. The van der Waals surface area contributed by atoms with Gasteiger partial charge in [-0.25, -0.2) is 9.67 Å². The number of nitrogens with zero attached hydrogens (tertiary/aromatic N) is 3. The van der Waals surface area contributed by atoms with E-state index in [1.54, 1.807) is 11.0 Å². The fourth-order valence-electron chi connectivity index (χ4n) is 1.31. The fourth-order valence-corrected chi connectivity index (χ4v) is 1.31. The van der Waals surface area contributed by atoms with Gasteiger partial charge in [0.15, 0.2) is 0 Å². The van der Waals surface area contributed by atoms with E-state index in [1.807, 2.05) is 0 Å². The summed E-state index contributed by atoms with van der Waals surface area (Å²) in [6.45, 7) is 1.41. The highest BCUT2D eigenvalue weighted by atomic mass is 16.3. The van der Waals surface area contributed by atoms with Crippen LogP contribution in [0.1, 0.15) is 6.04 Å². The lowest BCUT2D eigenvalue weighted by atomic mass is 10.2. The molecule has 0 bridgehead atoms. The molecule has 2 heterocycles. The van der Waals surface area contributed by atoms with Crippen LogP contribution in [0.5, 0.6) is 0 Å². The van der Waals surface area contributed by atoms with Crippen molar-refractivity contribution in [2.75, 3.05) is 13.1 Å². The van der Waals surface area contributed by atoms with Gasteiger partial charge in [-0.1, -0.05) is 0 Å². The Kier molecular flexibility index (Phi) is 1.59. The van der Waals surface area contributed by atoms with Crippen molar-refractivity contribution >= 4 is 0 Å². The zero-order valence-corrected chi connectivity index (χ0v) is 6.01. The zero-order chi connectivity index (χ0) is 7.68. The van der Waals surface area contributed by atoms with Crippen LogP contribution in [-0.2, 0) is 0 Å². The van der Waals surface area contributed by atoms with Crippen molar-refractivity contribution in [1.29, 1.82) is 0 Å². The normalized spacial score (nSPS) is 31.0. The number of hydrogen-bond donors (Lipinski definition) is 2.